The lowest BCUT2D eigenvalue weighted by atomic mass is 9.84. The lowest BCUT2D eigenvalue weighted by molar-refractivity contribution is -0.144. The zero-order valence-electron chi connectivity index (χ0n) is 18.4. The van der Waals surface area contributed by atoms with E-state index in [-0.39, 0.29) is 49.3 Å². The third kappa shape index (κ3) is 4.62. The number of rotatable bonds is 5. The number of benzene rings is 1. The zero-order chi connectivity index (χ0) is 23.7. The average Bonchev–Trinajstić information content (AvgIpc) is 2.76. The molecule has 3 aliphatic rings. The van der Waals surface area contributed by atoms with E-state index < -0.39 is 23.9 Å². The maximum Gasteiger partial charge on any atom is 0.249 e. The average molecular weight is 452 g/mol. The first-order chi connectivity index (χ1) is 15.7. The quantitative estimate of drug-likeness (QED) is 0.658. The normalized spacial score (nSPS) is 24.6. The molecule has 1 aromatic carbocycles. The molecule has 0 saturated carbocycles. The van der Waals surface area contributed by atoms with E-state index in [4.69, 9.17) is 0 Å². The van der Waals surface area contributed by atoms with Gasteiger partial charge in [-0.05, 0) is 43.0 Å². The van der Waals surface area contributed by atoms with Gasteiger partial charge in [-0.3, -0.25) is 34.4 Å². The van der Waals surface area contributed by atoms with Crippen LogP contribution in [0.2, 0.25) is 0 Å². The molecule has 8 nitrogen and oxygen atoms in total. The second kappa shape index (κ2) is 9.09. The second-order valence-electron chi connectivity index (χ2n) is 8.48. The van der Waals surface area contributed by atoms with Crippen LogP contribution in [0, 0.1) is 18.7 Å². The van der Waals surface area contributed by atoms with Gasteiger partial charge in [0.2, 0.25) is 23.6 Å². The number of carbonyl (C=O) groups excluding carboxylic acids is 4. The molecule has 1 fully saturated rings. The number of piperidine rings is 1. The molecule has 1 saturated heterocycles. The number of amides is 4. The second-order valence-corrected chi connectivity index (χ2v) is 8.48. The van der Waals surface area contributed by atoms with E-state index in [1.54, 1.807) is 38.1 Å². The van der Waals surface area contributed by atoms with Gasteiger partial charge in [0, 0.05) is 13.0 Å². The Kier molecular flexibility index (Phi) is 6.22. The molecule has 3 unspecified atom stereocenters. The number of fused-ring (bicyclic) bond motifs is 1. The highest BCUT2D eigenvalue weighted by Gasteiger charge is 2.44. The van der Waals surface area contributed by atoms with E-state index in [0.717, 1.165) is 0 Å². The Labute approximate surface area is 190 Å². The van der Waals surface area contributed by atoms with Crippen molar-refractivity contribution in [2.75, 3.05) is 6.54 Å². The molecule has 0 bridgehead atoms. The van der Waals surface area contributed by atoms with Gasteiger partial charge in [0.05, 0.1) is 18.4 Å². The third-order valence-corrected chi connectivity index (χ3v) is 6.16. The number of nitrogens with one attached hydrogen (secondary N) is 2. The first-order valence-corrected chi connectivity index (χ1v) is 10.8. The first kappa shape index (κ1) is 22.6. The van der Waals surface area contributed by atoms with E-state index in [9.17, 15) is 23.6 Å². The molecular formula is C24H25FN4O4. The minimum absolute atomic E-state index is 0.0159. The van der Waals surface area contributed by atoms with Crippen molar-refractivity contribution in [3.05, 3.63) is 58.9 Å². The van der Waals surface area contributed by atoms with Gasteiger partial charge in [0.25, 0.3) is 0 Å². The van der Waals surface area contributed by atoms with Gasteiger partial charge in [-0.25, -0.2) is 4.39 Å². The fourth-order valence-electron chi connectivity index (χ4n) is 4.41. The summed E-state index contributed by atoms with van der Waals surface area (Å²) in [6.07, 6.45) is 5.78. The van der Waals surface area contributed by atoms with Crippen molar-refractivity contribution in [1.29, 1.82) is 0 Å². The number of halogens is 1. The van der Waals surface area contributed by atoms with Crippen molar-refractivity contribution in [2.45, 2.75) is 45.2 Å². The summed E-state index contributed by atoms with van der Waals surface area (Å²) < 4.78 is 13.8. The van der Waals surface area contributed by atoms with Crippen molar-refractivity contribution < 1.29 is 23.6 Å². The Morgan fingerprint density at radius 2 is 2.06 bits per heavy atom. The van der Waals surface area contributed by atoms with Crippen LogP contribution in [0.5, 0.6) is 0 Å². The van der Waals surface area contributed by atoms with Crippen LogP contribution in [-0.4, -0.2) is 53.0 Å². The molecule has 2 heterocycles. The number of allylic oxidation sites excluding steroid dienone is 2. The van der Waals surface area contributed by atoms with E-state index in [2.05, 4.69) is 15.6 Å². The van der Waals surface area contributed by atoms with Crippen LogP contribution in [-0.2, 0) is 25.6 Å². The molecule has 1 aliphatic carbocycles. The number of amidine groups is 1. The molecule has 1 aromatic rings. The number of aryl methyl sites for hydroxylation is 1. The van der Waals surface area contributed by atoms with Crippen molar-refractivity contribution in [1.82, 2.24) is 15.5 Å². The largest absolute Gasteiger partial charge is 0.352 e. The highest BCUT2D eigenvalue weighted by Crippen LogP contribution is 2.31. The van der Waals surface area contributed by atoms with Crippen LogP contribution in [0.4, 0.5) is 4.39 Å². The van der Waals surface area contributed by atoms with Crippen LogP contribution < -0.4 is 10.6 Å². The first-order valence-electron chi connectivity index (χ1n) is 10.8. The minimum Gasteiger partial charge on any atom is -0.352 e. The van der Waals surface area contributed by atoms with Gasteiger partial charge in [-0.1, -0.05) is 30.4 Å². The Morgan fingerprint density at radius 3 is 2.79 bits per heavy atom. The highest BCUT2D eigenvalue weighted by atomic mass is 19.1. The zero-order valence-corrected chi connectivity index (χ0v) is 18.4. The summed E-state index contributed by atoms with van der Waals surface area (Å²) in [6, 6.07) is 3.45. The summed E-state index contributed by atoms with van der Waals surface area (Å²) >= 11 is 0. The smallest absolute Gasteiger partial charge is 0.249 e. The minimum atomic E-state index is -0.793. The fraction of sp³-hybridized carbons (Fsp3) is 0.375. The number of hydrogen-bond acceptors (Lipinski definition) is 5. The molecule has 0 aromatic heterocycles. The lowest BCUT2D eigenvalue weighted by Crippen LogP contribution is -2.60. The lowest BCUT2D eigenvalue weighted by Gasteiger charge is -2.41. The Bertz CT molecular complexity index is 1120. The molecule has 172 valence electrons. The van der Waals surface area contributed by atoms with Gasteiger partial charge in [0.15, 0.2) is 0 Å². The number of imide groups is 1. The van der Waals surface area contributed by atoms with Crippen LogP contribution in [0.15, 0.2) is 47.0 Å². The molecular weight excluding hydrogens is 427 g/mol. The number of carbonyl (C=O) groups is 4. The topological polar surface area (TPSA) is 108 Å². The predicted octanol–water partition coefficient (Wildman–Crippen LogP) is 1.34. The summed E-state index contributed by atoms with van der Waals surface area (Å²) in [4.78, 5) is 55.8. The fourth-order valence-corrected chi connectivity index (χ4v) is 4.41. The van der Waals surface area contributed by atoms with Gasteiger partial charge in [-0.15, -0.1) is 0 Å². The molecule has 9 heteroatoms. The van der Waals surface area contributed by atoms with Crippen LogP contribution in [0.25, 0.3) is 0 Å². The molecule has 0 radical (unpaired) electrons. The third-order valence-electron chi connectivity index (χ3n) is 6.16. The summed E-state index contributed by atoms with van der Waals surface area (Å²) in [5.41, 5.74) is 1.74. The van der Waals surface area contributed by atoms with Crippen LogP contribution in [0.1, 0.15) is 30.9 Å². The summed E-state index contributed by atoms with van der Waals surface area (Å²) in [7, 11) is 0. The summed E-state index contributed by atoms with van der Waals surface area (Å²) in [6.45, 7) is 3.45. The molecule has 2 aliphatic heterocycles. The van der Waals surface area contributed by atoms with Crippen molar-refractivity contribution in [3.8, 4) is 0 Å². The van der Waals surface area contributed by atoms with E-state index in [1.807, 2.05) is 6.08 Å². The maximum absolute atomic E-state index is 13.8. The van der Waals surface area contributed by atoms with Gasteiger partial charge >= 0.3 is 0 Å². The summed E-state index contributed by atoms with van der Waals surface area (Å²) in [5, 5.41) is 5.08. The molecule has 33 heavy (non-hydrogen) atoms. The van der Waals surface area contributed by atoms with Gasteiger partial charge in [0.1, 0.15) is 17.7 Å². The SMILES string of the molecule is CC1=NC2C=CC=C(CNC(=O)Cc3ccc(C)c(F)c3)C2C(=O)N1C1CCC(=O)NC1=O. The molecule has 0 spiro atoms. The molecule has 4 amide bonds. The Hall–Kier alpha value is -3.62. The number of hydrogen-bond donors (Lipinski definition) is 2. The van der Waals surface area contributed by atoms with Crippen LogP contribution >= 0.6 is 0 Å². The van der Waals surface area contributed by atoms with Gasteiger partial charge in [-0.2, -0.15) is 0 Å². The molecule has 2 N–H and O–H groups in total. The monoisotopic (exact) mass is 452 g/mol. The van der Waals surface area contributed by atoms with Crippen LogP contribution in [0.3, 0.4) is 0 Å². The molecule has 3 atom stereocenters. The summed E-state index contributed by atoms with van der Waals surface area (Å²) in [5.74, 6) is -2.04. The Morgan fingerprint density at radius 1 is 1.27 bits per heavy atom. The number of nitrogens with zero attached hydrogens (tertiary/aromatic N) is 2. The van der Waals surface area contributed by atoms with E-state index >= 15 is 0 Å². The highest BCUT2D eigenvalue weighted by molar-refractivity contribution is 6.09. The van der Waals surface area contributed by atoms with E-state index in [1.165, 1.54) is 11.0 Å². The van der Waals surface area contributed by atoms with Crippen molar-refractivity contribution in [3.63, 3.8) is 0 Å². The van der Waals surface area contributed by atoms with Crippen molar-refractivity contribution in [2.24, 2.45) is 10.9 Å². The van der Waals surface area contributed by atoms with Gasteiger partial charge < -0.3 is 5.32 Å². The van der Waals surface area contributed by atoms with E-state index in [0.29, 0.717) is 22.5 Å². The maximum atomic E-state index is 13.8. The predicted molar refractivity (Wildman–Crippen MR) is 118 cm³/mol. The standard InChI is InChI=1S/C24H25FN4O4/c1-13-6-7-15(10-17(13)25)11-21(31)26-12-16-4-3-5-18-22(16)24(33)29(14(2)27-18)19-8-9-20(30)28-23(19)32/h3-7,10,18-19,22H,8-9,11-12H2,1-2H3,(H,26,31)(H,28,30,32). The Balaban J connectivity index is 1.46. The molecule has 4 rings (SSSR count). The van der Waals surface area contributed by atoms with Crippen molar-refractivity contribution >= 4 is 29.5 Å². The number of aliphatic imine (C=N–C) groups is 1.